The number of hydrogen-bond acceptors (Lipinski definition) is 6. The number of carbonyl (C=O) groups excluding carboxylic acids is 1. The van der Waals surface area contributed by atoms with E-state index in [4.69, 9.17) is 0 Å². The molecule has 1 aliphatic carbocycles. The van der Waals surface area contributed by atoms with Gasteiger partial charge in [0.2, 0.25) is 11.0 Å². The first-order valence-corrected chi connectivity index (χ1v) is 9.59. The molecule has 2 N–H and O–H groups in total. The number of rotatable bonds is 6. The van der Waals surface area contributed by atoms with Crippen molar-refractivity contribution in [1.29, 1.82) is 0 Å². The summed E-state index contributed by atoms with van der Waals surface area (Å²) in [7, 11) is 0. The second-order valence-electron chi connectivity index (χ2n) is 5.65. The molecule has 0 saturated heterocycles. The Morgan fingerprint density at radius 3 is 2.87 bits per heavy atom. The predicted molar refractivity (Wildman–Crippen MR) is 95.5 cm³/mol. The predicted octanol–water partition coefficient (Wildman–Crippen LogP) is 3.74. The number of nitrogens with one attached hydrogen (secondary N) is 2. The number of hydrogen-bond donors (Lipinski definition) is 2. The van der Waals surface area contributed by atoms with Crippen LogP contribution in [0.25, 0.3) is 0 Å². The fourth-order valence-corrected chi connectivity index (χ4v) is 4.19. The third-order valence-corrected chi connectivity index (χ3v) is 5.81. The summed E-state index contributed by atoms with van der Waals surface area (Å²) in [6, 6.07) is 8.42. The molecule has 0 bridgehead atoms. The van der Waals surface area contributed by atoms with Crippen molar-refractivity contribution in [3.05, 3.63) is 29.8 Å². The van der Waals surface area contributed by atoms with Crippen LogP contribution in [0.5, 0.6) is 0 Å². The zero-order chi connectivity index (χ0) is 16.1. The van der Waals surface area contributed by atoms with E-state index in [2.05, 4.69) is 20.8 Å². The van der Waals surface area contributed by atoms with Crippen molar-refractivity contribution in [1.82, 2.24) is 15.5 Å². The number of anilines is 2. The topological polar surface area (TPSA) is 66.9 Å². The van der Waals surface area contributed by atoms with Gasteiger partial charge < -0.3 is 10.6 Å². The molecule has 0 radical (unpaired) electrons. The Bertz CT molecular complexity index is 668. The van der Waals surface area contributed by atoms with E-state index in [0.717, 1.165) is 33.6 Å². The second kappa shape index (κ2) is 7.79. The van der Waals surface area contributed by atoms with Gasteiger partial charge >= 0.3 is 0 Å². The summed E-state index contributed by atoms with van der Waals surface area (Å²) in [5.74, 6) is 0.487. The summed E-state index contributed by atoms with van der Waals surface area (Å²) in [5.41, 5.74) is 2.19. The van der Waals surface area contributed by atoms with Gasteiger partial charge in [-0.1, -0.05) is 54.1 Å². The van der Waals surface area contributed by atoms with E-state index < -0.39 is 0 Å². The number of nitrogens with zero attached hydrogens (tertiary/aromatic N) is 2. The molecule has 122 valence electrons. The molecular formula is C16H20N4OS2. The lowest BCUT2D eigenvalue weighted by Gasteiger charge is -2.10. The van der Waals surface area contributed by atoms with Gasteiger partial charge in [-0.15, -0.1) is 10.2 Å². The van der Waals surface area contributed by atoms with Gasteiger partial charge in [0.15, 0.2) is 4.34 Å². The smallest absolute Gasteiger partial charge is 0.230 e. The largest absolute Gasteiger partial charge is 0.353 e. The molecule has 5 nitrogen and oxygen atoms in total. The molecule has 1 saturated carbocycles. The quantitative estimate of drug-likeness (QED) is 0.779. The average Bonchev–Trinajstić information content (AvgIpc) is 3.19. The highest BCUT2D eigenvalue weighted by Crippen LogP contribution is 2.28. The maximum atomic E-state index is 11.9. The molecule has 1 aromatic heterocycles. The van der Waals surface area contributed by atoms with Crippen molar-refractivity contribution in [3.63, 3.8) is 0 Å². The van der Waals surface area contributed by atoms with E-state index in [9.17, 15) is 4.79 Å². The van der Waals surface area contributed by atoms with Crippen LogP contribution in [0.4, 0.5) is 10.8 Å². The average molecular weight is 348 g/mol. The van der Waals surface area contributed by atoms with Gasteiger partial charge in [0.05, 0.1) is 5.75 Å². The summed E-state index contributed by atoms with van der Waals surface area (Å²) in [6.07, 6.45) is 4.67. The molecule has 7 heteroatoms. The normalized spacial score (nSPS) is 14.8. The summed E-state index contributed by atoms with van der Waals surface area (Å²) >= 11 is 2.91. The molecule has 1 fully saturated rings. The Kier molecular flexibility index (Phi) is 5.51. The molecule has 1 aliphatic rings. The van der Waals surface area contributed by atoms with Crippen molar-refractivity contribution in [3.8, 4) is 0 Å². The Morgan fingerprint density at radius 1 is 1.30 bits per heavy atom. The minimum Gasteiger partial charge on any atom is -0.353 e. The maximum Gasteiger partial charge on any atom is 0.230 e. The molecule has 0 aliphatic heterocycles. The van der Waals surface area contributed by atoms with Crippen LogP contribution >= 0.6 is 23.1 Å². The Balaban J connectivity index is 1.49. The van der Waals surface area contributed by atoms with Crippen LogP contribution in [-0.4, -0.2) is 27.9 Å². The number of benzene rings is 1. The number of thioether (sulfide) groups is 1. The zero-order valence-electron chi connectivity index (χ0n) is 13.0. The van der Waals surface area contributed by atoms with Gasteiger partial charge in [0.1, 0.15) is 0 Å². The number of amides is 1. The fourth-order valence-electron chi connectivity index (χ4n) is 2.61. The van der Waals surface area contributed by atoms with Crippen molar-refractivity contribution < 1.29 is 4.79 Å². The molecule has 2 aromatic rings. The molecule has 1 amide bonds. The van der Waals surface area contributed by atoms with Gasteiger partial charge in [-0.2, -0.15) is 0 Å². The van der Waals surface area contributed by atoms with E-state index in [0.29, 0.717) is 11.8 Å². The molecule has 0 spiro atoms. The van der Waals surface area contributed by atoms with E-state index in [1.165, 1.54) is 35.9 Å². The van der Waals surface area contributed by atoms with Crippen LogP contribution in [0, 0.1) is 6.92 Å². The van der Waals surface area contributed by atoms with Gasteiger partial charge in [0.25, 0.3) is 0 Å². The highest BCUT2D eigenvalue weighted by molar-refractivity contribution is 8.01. The zero-order valence-corrected chi connectivity index (χ0v) is 14.7. The number of aryl methyl sites for hydroxylation is 1. The SMILES string of the molecule is Cc1ccccc1Nc1nnc(SCC(=O)NC2CCCC2)s1. The van der Waals surface area contributed by atoms with Crippen molar-refractivity contribution >= 4 is 39.8 Å². The number of carbonyl (C=O) groups is 1. The minimum atomic E-state index is 0.0884. The van der Waals surface area contributed by atoms with E-state index in [1.807, 2.05) is 31.2 Å². The minimum absolute atomic E-state index is 0.0884. The first-order chi connectivity index (χ1) is 11.2. The van der Waals surface area contributed by atoms with Crippen LogP contribution in [-0.2, 0) is 4.79 Å². The third-order valence-electron chi connectivity index (χ3n) is 3.84. The van der Waals surface area contributed by atoms with Crippen molar-refractivity contribution in [2.45, 2.75) is 43.0 Å². The second-order valence-corrected chi connectivity index (χ2v) is 7.85. The monoisotopic (exact) mass is 348 g/mol. The lowest BCUT2D eigenvalue weighted by atomic mass is 10.2. The number of aromatic nitrogens is 2. The summed E-state index contributed by atoms with van der Waals surface area (Å²) in [6.45, 7) is 2.05. The molecular weight excluding hydrogens is 328 g/mol. The van der Waals surface area contributed by atoms with Gasteiger partial charge in [-0.25, -0.2) is 0 Å². The summed E-state index contributed by atoms with van der Waals surface area (Å²) in [4.78, 5) is 11.9. The standard InChI is InChI=1S/C16H20N4OS2/c1-11-6-2-5-9-13(11)18-15-19-20-16(23-15)22-10-14(21)17-12-7-3-4-8-12/h2,5-6,9,12H,3-4,7-8,10H2,1H3,(H,17,21)(H,18,19). The number of para-hydroxylation sites is 1. The van der Waals surface area contributed by atoms with Crippen LogP contribution in [0.2, 0.25) is 0 Å². The maximum absolute atomic E-state index is 11.9. The van der Waals surface area contributed by atoms with E-state index >= 15 is 0 Å². The molecule has 23 heavy (non-hydrogen) atoms. The van der Waals surface area contributed by atoms with Crippen LogP contribution in [0.1, 0.15) is 31.2 Å². The van der Waals surface area contributed by atoms with Gasteiger partial charge in [-0.3, -0.25) is 4.79 Å². The Hall–Kier alpha value is -1.60. The van der Waals surface area contributed by atoms with Crippen molar-refractivity contribution in [2.75, 3.05) is 11.1 Å². The van der Waals surface area contributed by atoms with Crippen LogP contribution < -0.4 is 10.6 Å². The first kappa shape index (κ1) is 16.3. The van der Waals surface area contributed by atoms with Gasteiger partial charge in [-0.05, 0) is 31.4 Å². The summed E-state index contributed by atoms with van der Waals surface area (Å²) in [5, 5.41) is 15.4. The lowest BCUT2D eigenvalue weighted by Crippen LogP contribution is -2.33. The van der Waals surface area contributed by atoms with Crippen molar-refractivity contribution in [2.24, 2.45) is 0 Å². The molecule has 1 heterocycles. The first-order valence-electron chi connectivity index (χ1n) is 7.79. The molecule has 0 unspecified atom stereocenters. The highest BCUT2D eigenvalue weighted by atomic mass is 32.2. The van der Waals surface area contributed by atoms with Gasteiger partial charge in [0, 0.05) is 11.7 Å². The highest BCUT2D eigenvalue weighted by Gasteiger charge is 2.17. The third kappa shape index (κ3) is 4.68. The molecule has 3 rings (SSSR count). The van der Waals surface area contributed by atoms with Crippen LogP contribution in [0.3, 0.4) is 0 Å². The Morgan fingerprint density at radius 2 is 2.09 bits per heavy atom. The lowest BCUT2D eigenvalue weighted by molar-refractivity contribution is -0.119. The summed E-state index contributed by atoms with van der Waals surface area (Å²) < 4.78 is 0.808. The fraction of sp³-hybridized carbons (Fsp3) is 0.438. The molecule has 1 aromatic carbocycles. The van der Waals surface area contributed by atoms with E-state index in [-0.39, 0.29) is 5.91 Å². The van der Waals surface area contributed by atoms with E-state index in [1.54, 1.807) is 0 Å². The molecule has 0 atom stereocenters. The van der Waals surface area contributed by atoms with Crippen LogP contribution in [0.15, 0.2) is 28.6 Å². The Labute approximate surface area is 144 Å².